The number of nitrogens with one attached hydrogen (secondary N) is 1. The van der Waals surface area contributed by atoms with Gasteiger partial charge in [-0.3, -0.25) is 4.90 Å². The van der Waals surface area contributed by atoms with Gasteiger partial charge in [-0.15, -0.1) is 0 Å². The molecule has 1 N–H and O–H groups in total. The van der Waals surface area contributed by atoms with Crippen LogP contribution in [0.15, 0.2) is 0 Å². The molecule has 2 nitrogen and oxygen atoms in total. The lowest BCUT2D eigenvalue weighted by molar-refractivity contribution is 0.0391. The van der Waals surface area contributed by atoms with Gasteiger partial charge in [0.15, 0.2) is 0 Å². The Balaban J connectivity index is 2.50. The van der Waals surface area contributed by atoms with Crippen LogP contribution in [0.1, 0.15) is 47.5 Å². The zero-order valence-electron chi connectivity index (χ0n) is 13.0. The van der Waals surface area contributed by atoms with Gasteiger partial charge in [-0.1, -0.05) is 27.7 Å². The van der Waals surface area contributed by atoms with Gasteiger partial charge in [-0.2, -0.15) is 11.8 Å². The number of rotatable bonds is 7. The second-order valence-electron chi connectivity index (χ2n) is 6.08. The number of thioether (sulfide) groups is 1. The van der Waals surface area contributed by atoms with E-state index in [-0.39, 0.29) is 0 Å². The van der Waals surface area contributed by atoms with E-state index in [1.54, 1.807) is 0 Å². The first-order chi connectivity index (χ1) is 8.53. The molecule has 0 radical (unpaired) electrons. The molecule has 108 valence electrons. The summed E-state index contributed by atoms with van der Waals surface area (Å²) in [6.45, 7) is 15.3. The third-order valence-corrected chi connectivity index (χ3v) is 5.40. The largest absolute Gasteiger partial charge is 0.311 e. The average molecular weight is 273 g/mol. The molecule has 0 aromatic rings. The zero-order valence-corrected chi connectivity index (χ0v) is 13.8. The second-order valence-corrected chi connectivity index (χ2v) is 7.47. The van der Waals surface area contributed by atoms with Crippen LogP contribution in [0.4, 0.5) is 0 Å². The fourth-order valence-corrected chi connectivity index (χ4v) is 3.27. The van der Waals surface area contributed by atoms with Crippen molar-refractivity contribution in [2.75, 3.05) is 31.1 Å². The molecule has 1 aliphatic rings. The van der Waals surface area contributed by atoms with Crippen LogP contribution >= 0.6 is 11.8 Å². The summed E-state index contributed by atoms with van der Waals surface area (Å²) in [5, 5.41) is 3.74. The van der Waals surface area contributed by atoms with E-state index in [4.69, 9.17) is 0 Å². The Morgan fingerprint density at radius 3 is 2.67 bits per heavy atom. The number of hydrogen-bond acceptors (Lipinski definition) is 3. The van der Waals surface area contributed by atoms with E-state index in [9.17, 15) is 0 Å². The summed E-state index contributed by atoms with van der Waals surface area (Å²) >= 11 is 2.07. The maximum atomic E-state index is 3.74. The van der Waals surface area contributed by atoms with Crippen LogP contribution < -0.4 is 5.32 Å². The lowest BCUT2D eigenvalue weighted by atomic mass is 9.89. The van der Waals surface area contributed by atoms with Crippen molar-refractivity contribution in [2.45, 2.75) is 59.0 Å². The van der Waals surface area contributed by atoms with E-state index in [0.29, 0.717) is 11.6 Å². The SMILES string of the molecule is CCSCCCN1CC(C(C)C)NCC1(C)CC. The predicted molar refractivity (Wildman–Crippen MR) is 84.5 cm³/mol. The van der Waals surface area contributed by atoms with Crippen molar-refractivity contribution >= 4 is 11.8 Å². The molecule has 1 heterocycles. The second kappa shape index (κ2) is 7.76. The Hall–Kier alpha value is 0.270. The standard InChI is InChI=1S/C15H32N2S/c1-6-15(5)12-16-14(13(3)4)11-17(15)9-8-10-18-7-2/h13-14,16H,6-12H2,1-5H3. The van der Waals surface area contributed by atoms with Gasteiger partial charge >= 0.3 is 0 Å². The molecule has 0 saturated carbocycles. The maximum absolute atomic E-state index is 3.74. The number of nitrogens with zero attached hydrogens (tertiary/aromatic N) is 1. The van der Waals surface area contributed by atoms with Gasteiger partial charge in [-0.25, -0.2) is 0 Å². The monoisotopic (exact) mass is 272 g/mol. The molecular weight excluding hydrogens is 240 g/mol. The zero-order chi connectivity index (χ0) is 13.6. The van der Waals surface area contributed by atoms with Crippen LogP contribution in [0.3, 0.4) is 0 Å². The molecule has 0 amide bonds. The van der Waals surface area contributed by atoms with E-state index in [1.165, 1.54) is 37.4 Å². The predicted octanol–water partition coefficient (Wildman–Crippen LogP) is 3.23. The highest BCUT2D eigenvalue weighted by atomic mass is 32.2. The number of piperazine rings is 1. The van der Waals surface area contributed by atoms with Gasteiger partial charge in [0, 0.05) is 24.7 Å². The minimum atomic E-state index is 0.363. The van der Waals surface area contributed by atoms with Crippen LogP contribution in [0.2, 0.25) is 0 Å². The highest BCUT2D eigenvalue weighted by Gasteiger charge is 2.36. The van der Waals surface area contributed by atoms with Crippen LogP contribution in [-0.2, 0) is 0 Å². The molecule has 2 atom stereocenters. The van der Waals surface area contributed by atoms with Gasteiger partial charge in [0.1, 0.15) is 0 Å². The molecule has 0 bridgehead atoms. The lowest BCUT2D eigenvalue weighted by Gasteiger charge is -2.49. The molecule has 1 rings (SSSR count). The summed E-state index contributed by atoms with van der Waals surface area (Å²) < 4.78 is 0. The maximum Gasteiger partial charge on any atom is 0.0303 e. The van der Waals surface area contributed by atoms with Crippen molar-refractivity contribution in [3.05, 3.63) is 0 Å². The summed E-state index contributed by atoms with van der Waals surface area (Å²) in [5.41, 5.74) is 0.363. The van der Waals surface area contributed by atoms with E-state index >= 15 is 0 Å². The van der Waals surface area contributed by atoms with Gasteiger partial charge < -0.3 is 5.32 Å². The first-order valence-corrected chi connectivity index (χ1v) is 8.75. The Labute approximate surface area is 118 Å². The van der Waals surface area contributed by atoms with E-state index < -0.39 is 0 Å². The van der Waals surface area contributed by atoms with Gasteiger partial charge in [-0.05, 0) is 43.7 Å². The summed E-state index contributed by atoms with van der Waals surface area (Å²) in [4.78, 5) is 2.74. The van der Waals surface area contributed by atoms with E-state index in [2.05, 4.69) is 56.6 Å². The molecule has 1 fully saturated rings. The minimum Gasteiger partial charge on any atom is -0.311 e. The molecule has 0 aliphatic carbocycles. The molecular formula is C15H32N2S. The smallest absolute Gasteiger partial charge is 0.0303 e. The highest BCUT2D eigenvalue weighted by Crippen LogP contribution is 2.25. The van der Waals surface area contributed by atoms with Gasteiger partial charge in [0.2, 0.25) is 0 Å². The summed E-state index contributed by atoms with van der Waals surface area (Å²) in [7, 11) is 0. The normalized spacial score (nSPS) is 30.0. The Morgan fingerprint density at radius 2 is 2.11 bits per heavy atom. The first-order valence-electron chi connectivity index (χ1n) is 7.59. The van der Waals surface area contributed by atoms with Crippen molar-refractivity contribution in [3.63, 3.8) is 0 Å². The van der Waals surface area contributed by atoms with Crippen molar-refractivity contribution < 1.29 is 0 Å². The van der Waals surface area contributed by atoms with Crippen LogP contribution in [0, 0.1) is 5.92 Å². The third kappa shape index (κ3) is 4.43. The fourth-order valence-electron chi connectivity index (χ4n) is 2.64. The van der Waals surface area contributed by atoms with E-state index in [0.717, 1.165) is 12.5 Å². The van der Waals surface area contributed by atoms with Crippen LogP contribution in [0.5, 0.6) is 0 Å². The molecule has 0 spiro atoms. The lowest BCUT2D eigenvalue weighted by Crippen LogP contribution is -2.64. The fraction of sp³-hybridized carbons (Fsp3) is 1.00. The summed E-state index contributed by atoms with van der Waals surface area (Å²) in [5.74, 6) is 3.30. The summed E-state index contributed by atoms with van der Waals surface area (Å²) in [6, 6.07) is 0.670. The molecule has 0 aromatic carbocycles. The topological polar surface area (TPSA) is 15.3 Å². The molecule has 1 aliphatic heterocycles. The molecule has 1 saturated heterocycles. The Bertz CT molecular complexity index is 233. The van der Waals surface area contributed by atoms with Crippen molar-refractivity contribution in [2.24, 2.45) is 5.92 Å². The van der Waals surface area contributed by atoms with Gasteiger partial charge in [0.05, 0.1) is 0 Å². The van der Waals surface area contributed by atoms with Gasteiger partial charge in [0.25, 0.3) is 0 Å². The first kappa shape index (κ1) is 16.3. The van der Waals surface area contributed by atoms with Crippen molar-refractivity contribution in [1.82, 2.24) is 10.2 Å². The van der Waals surface area contributed by atoms with Crippen LogP contribution in [-0.4, -0.2) is 47.6 Å². The summed E-state index contributed by atoms with van der Waals surface area (Å²) in [6.07, 6.45) is 2.57. The average Bonchev–Trinajstić information content (AvgIpc) is 2.36. The molecule has 18 heavy (non-hydrogen) atoms. The minimum absolute atomic E-state index is 0.363. The third-order valence-electron chi connectivity index (χ3n) is 4.41. The molecule has 0 aromatic heterocycles. The molecule has 3 heteroatoms. The van der Waals surface area contributed by atoms with Crippen molar-refractivity contribution in [3.8, 4) is 0 Å². The Kier molecular flexibility index (Phi) is 7.04. The van der Waals surface area contributed by atoms with Crippen LogP contribution in [0.25, 0.3) is 0 Å². The molecule has 2 unspecified atom stereocenters. The quantitative estimate of drug-likeness (QED) is 0.716. The van der Waals surface area contributed by atoms with E-state index in [1.807, 2.05) is 0 Å². The highest BCUT2D eigenvalue weighted by molar-refractivity contribution is 7.99. The Morgan fingerprint density at radius 1 is 1.39 bits per heavy atom. The number of hydrogen-bond donors (Lipinski definition) is 1. The van der Waals surface area contributed by atoms with Crippen molar-refractivity contribution in [1.29, 1.82) is 0 Å².